The normalized spacial score (nSPS) is 11.3. The molecule has 0 spiro atoms. The highest BCUT2D eigenvalue weighted by atomic mass is 19.1. The first kappa shape index (κ1) is 18.9. The third-order valence-corrected chi connectivity index (χ3v) is 3.35. The van der Waals surface area contributed by atoms with Gasteiger partial charge in [-0.2, -0.15) is 0 Å². The SMILES string of the molecule is CCCCNC(=NCC(=O)N(C)C)N(C)Cc1cccc(F)c1. The van der Waals surface area contributed by atoms with Crippen LogP contribution in [0.5, 0.6) is 0 Å². The Labute approximate surface area is 138 Å². The van der Waals surface area contributed by atoms with Crippen LogP contribution in [0.15, 0.2) is 29.3 Å². The van der Waals surface area contributed by atoms with Gasteiger partial charge in [0.1, 0.15) is 12.4 Å². The van der Waals surface area contributed by atoms with Crippen molar-refractivity contribution < 1.29 is 9.18 Å². The molecule has 0 aliphatic heterocycles. The van der Waals surface area contributed by atoms with Crippen LogP contribution in [-0.4, -0.2) is 55.9 Å². The van der Waals surface area contributed by atoms with E-state index >= 15 is 0 Å². The number of hydrogen-bond acceptors (Lipinski definition) is 2. The minimum Gasteiger partial charge on any atom is -0.356 e. The van der Waals surface area contributed by atoms with E-state index in [1.807, 2.05) is 18.0 Å². The first-order valence-electron chi connectivity index (χ1n) is 7.88. The predicted octanol–water partition coefficient (Wildman–Crippen LogP) is 2.09. The third-order valence-electron chi connectivity index (χ3n) is 3.35. The number of nitrogens with one attached hydrogen (secondary N) is 1. The van der Waals surface area contributed by atoms with E-state index in [-0.39, 0.29) is 18.3 Å². The van der Waals surface area contributed by atoms with E-state index < -0.39 is 0 Å². The minimum atomic E-state index is -0.254. The number of halogens is 1. The zero-order chi connectivity index (χ0) is 17.2. The molecule has 1 aromatic carbocycles. The summed E-state index contributed by atoms with van der Waals surface area (Å²) in [4.78, 5) is 19.5. The molecule has 1 amide bonds. The maximum absolute atomic E-state index is 13.3. The first-order chi connectivity index (χ1) is 10.9. The third kappa shape index (κ3) is 7.13. The Morgan fingerprint density at radius 2 is 2.04 bits per heavy atom. The van der Waals surface area contributed by atoms with Crippen LogP contribution in [0.25, 0.3) is 0 Å². The number of carbonyl (C=O) groups is 1. The summed E-state index contributed by atoms with van der Waals surface area (Å²) in [6.07, 6.45) is 2.10. The largest absolute Gasteiger partial charge is 0.356 e. The van der Waals surface area contributed by atoms with E-state index in [0.717, 1.165) is 24.9 Å². The lowest BCUT2D eigenvalue weighted by Crippen LogP contribution is -2.40. The number of hydrogen-bond donors (Lipinski definition) is 1. The Morgan fingerprint density at radius 1 is 1.30 bits per heavy atom. The molecule has 128 valence electrons. The molecule has 23 heavy (non-hydrogen) atoms. The standard InChI is InChI=1S/C17H27FN4O/c1-5-6-10-19-17(20-12-16(23)21(2)3)22(4)13-14-8-7-9-15(18)11-14/h7-9,11H,5-6,10,12-13H2,1-4H3,(H,19,20). The van der Waals surface area contributed by atoms with Gasteiger partial charge in [0.2, 0.25) is 5.91 Å². The van der Waals surface area contributed by atoms with Crippen molar-refractivity contribution in [3.8, 4) is 0 Å². The van der Waals surface area contributed by atoms with Crippen LogP contribution >= 0.6 is 0 Å². The molecular formula is C17H27FN4O. The van der Waals surface area contributed by atoms with E-state index in [4.69, 9.17) is 0 Å². The molecular weight excluding hydrogens is 295 g/mol. The van der Waals surface area contributed by atoms with Crippen molar-refractivity contribution in [3.63, 3.8) is 0 Å². The quantitative estimate of drug-likeness (QED) is 0.475. The Balaban J connectivity index is 2.76. The van der Waals surface area contributed by atoms with Crippen LogP contribution in [-0.2, 0) is 11.3 Å². The predicted molar refractivity (Wildman–Crippen MR) is 91.8 cm³/mol. The molecule has 1 rings (SSSR count). The monoisotopic (exact) mass is 322 g/mol. The van der Waals surface area contributed by atoms with Crippen LogP contribution < -0.4 is 5.32 Å². The van der Waals surface area contributed by atoms with Gasteiger partial charge in [-0.1, -0.05) is 25.5 Å². The second kappa shape index (κ2) is 9.82. The molecule has 0 radical (unpaired) electrons. The molecule has 6 heteroatoms. The topological polar surface area (TPSA) is 47.9 Å². The highest BCUT2D eigenvalue weighted by Crippen LogP contribution is 2.06. The summed E-state index contributed by atoms with van der Waals surface area (Å²) < 4.78 is 13.3. The van der Waals surface area contributed by atoms with Crippen LogP contribution in [0.4, 0.5) is 4.39 Å². The van der Waals surface area contributed by atoms with Gasteiger partial charge in [0.15, 0.2) is 5.96 Å². The number of unbranched alkanes of at least 4 members (excludes halogenated alkanes) is 1. The molecule has 1 N–H and O–H groups in total. The number of guanidine groups is 1. The molecule has 0 heterocycles. The molecule has 1 aromatic rings. The van der Waals surface area contributed by atoms with E-state index in [2.05, 4.69) is 17.2 Å². The Hall–Kier alpha value is -2.11. The van der Waals surface area contributed by atoms with Crippen molar-refractivity contribution in [1.82, 2.24) is 15.1 Å². The van der Waals surface area contributed by atoms with E-state index in [1.165, 1.54) is 17.0 Å². The Kier molecular flexibility index (Phi) is 8.08. The van der Waals surface area contributed by atoms with Crippen molar-refractivity contribution in [2.24, 2.45) is 4.99 Å². The molecule has 0 bridgehead atoms. The van der Waals surface area contributed by atoms with Crippen molar-refractivity contribution in [2.75, 3.05) is 34.2 Å². The van der Waals surface area contributed by atoms with Crippen LogP contribution in [0.1, 0.15) is 25.3 Å². The number of amides is 1. The Morgan fingerprint density at radius 3 is 2.65 bits per heavy atom. The van der Waals surface area contributed by atoms with Crippen LogP contribution in [0, 0.1) is 5.82 Å². The zero-order valence-corrected chi connectivity index (χ0v) is 14.5. The van der Waals surface area contributed by atoms with Gasteiger partial charge in [0.05, 0.1) is 0 Å². The number of rotatable bonds is 7. The highest BCUT2D eigenvalue weighted by molar-refractivity contribution is 5.84. The molecule has 0 aromatic heterocycles. The average Bonchev–Trinajstić information content (AvgIpc) is 2.50. The molecule has 0 atom stereocenters. The van der Waals surface area contributed by atoms with Crippen molar-refractivity contribution >= 4 is 11.9 Å². The van der Waals surface area contributed by atoms with Crippen molar-refractivity contribution in [2.45, 2.75) is 26.3 Å². The van der Waals surface area contributed by atoms with Gasteiger partial charge in [-0.25, -0.2) is 9.38 Å². The lowest BCUT2D eigenvalue weighted by atomic mass is 10.2. The first-order valence-corrected chi connectivity index (χ1v) is 7.88. The fourth-order valence-electron chi connectivity index (χ4n) is 1.96. The second-order valence-corrected chi connectivity index (χ2v) is 5.69. The Bertz CT molecular complexity index is 531. The summed E-state index contributed by atoms with van der Waals surface area (Å²) in [6, 6.07) is 6.49. The van der Waals surface area contributed by atoms with Gasteiger partial charge in [-0.15, -0.1) is 0 Å². The lowest BCUT2D eigenvalue weighted by Gasteiger charge is -2.23. The minimum absolute atomic E-state index is 0.0565. The molecule has 0 unspecified atom stereocenters. The van der Waals surface area contributed by atoms with Gasteiger partial charge in [-0.05, 0) is 24.1 Å². The average molecular weight is 322 g/mol. The molecule has 0 aliphatic rings. The number of nitrogens with zero attached hydrogens (tertiary/aromatic N) is 3. The number of benzene rings is 1. The number of carbonyl (C=O) groups excluding carboxylic acids is 1. The summed E-state index contributed by atoms with van der Waals surface area (Å²) in [5, 5.41) is 3.26. The number of likely N-dealkylation sites (N-methyl/N-ethyl adjacent to an activating group) is 1. The maximum Gasteiger partial charge on any atom is 0.243 e. The summed E-state index contributed by atoms with van der Waals surface area (Å²) >= 11 is 0. The van der Waals surface area contributed by atoms with E-state index in [0.29, 0.717) is 12.5 Å². The molecule has 0 aliphatic carbocycles. The van der Waals surface area contributed by atoms with Gasteiger partial charge >= 0.3 is 0 Å². The fraction of sp³-hybridized carbons (Fsp3) is 0.529. The molecule has 5 nitrogen and oxygen atoms in total. The van der Waals surface area contributed by atoms with Gasteiger partial charge in [0.25, 0.3) is 0 Å². The van der Waals surface area contributed by atoms with Crippen LogP contribution in [0.3, 0.4) is 0 Å². The zero-order valence-electron chi connectivity index (χ0n) is 14.5. The van der Waals surface area contributed by atoms with E-state index in [1.54, 1.807) is 20.2 Å². The van der Waals surface area contributed by atoms with Gasteiger partial charge in [0, 0.05) is 34.2 Å². The van der Waals surface area contributed by atoms with Crippen molar-refractivity contribution in [1.29, 1.82) is 0 Å². The summed E-state index contributed by atoms with van der Waals surface area (Å²) in [6.45, 7) is 3.52. The number of aliphatic imine (C=N–C) groups is 1. The van der Waals surface area contributed by atoms with Crippen molar-refractivity contribution in [3.05, 3.63) is 35.6 Å². The fourth-order valence-corrected chi connectivity index (χ4v) is 1.96. The van der Waals surface area contributed by atoms with Gasteiger partial charge in [-0.3, -0.25) is 4.79 Å². The molecule has 0 fully saturated rings. The smallest absolute Gasteiger partial charge is 0.243 e. The van der Waals surface area contributed by atoms with Crippen LogP contribution in [0.2, 0.25) is 0 Å². The molecule has 0 saturated heterocycles. The lowest BCUT2D eigenvalue weighted by molar-refractivity contribution is -0.127. The van der Waals surface area contributed by atoms with E-state index in [9.17, 15) is 9.18 Å². The highest BCUT2D eigenvalue weighted by Gasteiger charge is 2.09. The van der Waals surface area contributed by atoms with Gasteiger partial charge < -0.3 is 15.1 Å². The summed E-state index contributed by atoms with van der Waals surface area (Å²) in [7, 11) is 5.29. The second-order valence-electron chi connectivity index (χ2n) is 5.69. The summed E-state index contributed by atoms with van der Waals surface area (Å²) in [5.41, 5.74) is 0.858. The molecule has 0 saturated carbocycles. The maximum atomic E-state index is 13.3. The summed E-state index contributed by atoms with van der Waals surface area (Å²) in [5.74, 6) is 0.341.